The highest BCUT2D eigenvalue weighted by Crippen LogP contribution is 2.19. The Balaban J connectivity index is 2.18. The molecule has 0 aliphatic carbocycles. The third-order valence-electron chi connectivity index (χ3n) is 4.36. The van der Waals surface area contributed by atoms with Crippen LogP contribution >= 0.6 is 0 Å². The van der Waals surface area contributed by atoms with Gasteiger partial charge in [-0.25, -0.2) is 0 Å². The molecule has 0 aliphatic rings. The average molecular weight is 351 g/mol. The van der Waals surface area contributed by atoms with E-state index in [1.165, 1.54) is 0 Å². The summed E-state index contributed by atoms with van der Waals surface area (Å²) in [5.74, 6) is 0.317. The summed E-state index contributed by atoms with van der Waals surface area (Å²) in [7, 11) is 1.59. The molecule has 0 bridgehead atoms. The Morgan fingerprint density at radius 2 is 2.08 bits per heavy atom. The van der Waals surface area contributed by atoms with Crippen LogP contribution < -0.4 is 10.1 Å². The first-order valence-corrected chi connectivity index (χ1v) is 8.70. The molecule has 1 amide bonds. The van der Waals surface area contributed by atoms with Crippen molar-refractivity contribution in [2.24, 2.45) is 0 Å². The summed E-state index contributed by atoms with van der Waals surface area (Å²) in [6.45, 7) is 7.40. The number of benzene rings is 1. The molecule has 2 aromatic rings. The molecule has 5 heteroatoms. The number of methoxy groups -OCH3 is 1. The largest absolute Gasteiger partial charge is 0.496 e. The van der Waals surface area contributed by atoms with Crippen molar-refractivity contribution < 1.29 is 9.53 Å². The van der Waals surface area contributed by atoms with E-state index in [-0.39, 0.29) is 5.57 Å². The SMILES string of the molecule is CCCn1c(C)cc(/C=C(\C#N)C(=O)NCc2ccccc2OC)c1C. The number of nitrogens with one attached hydrogen (secondary N) is 1. The molecule has 0 radical (unpaired) electrons. The molecule has 136 valence electrons. The van der Waals surface area contributed by atoms with Gasteiger partial charge in [0.05, 0.1) is 7.11 Å². The normalized spacial score (nSPS) is 11.1. The van der Waals surface area contributed by atoms with Gasteiger partial charge in [-0.3, -0.25) is 4.79 Å². The van der Waals surface area contributed by atoms with E-state index in [1.807, 2.05) is 50.2 Å². The quantitative estimate of drug-likeness (QED) is 0.610. The van der Waals surface area contributed by atoms with Crippen LogP contribution in [0.4, 0.5) is 0 Å². The van der Waals surface area contributed by atoms with Crippen LogP contribution in [0.2, 0.25) is 0 Å². The lowest BCUT2D eigenvalue weighted by atomic mass is 10.1. The lowest BCUT2D eigenvalue weighted by Gasteiger charge is -2.09. The van der Waals surface area contributed by atoms with Gasteiger partial charge >= 0.3 is 0 Å². The van der Waals surface area contributed by atoms with Gasteiger partial charge in [0, 0.05) is 30.0 Å². The first-order chi connectivity index (χ1) is 12.5. The molecule has 0 fully saturated rings. The zero-order chi connectivity index (χ0) is 19.1. The summed E-state index contributed by atoms with van der Waals surface area (Å²) in [5.41, 5.74) is 4.05. The molecule has 0 saturated carbocycles. The second-order valence-electron chi connectivity index (χ2n) is 6.14. The number of hydrogen-bond acceptors (Lipinski definition) is 3. The molecule has 1 aromatic heterocycles. The third kappa shape index (κ3) is 4.34. The predicted molar refractivity (Wildman–Crippen MR) is 103 cm³/mol. The second kappa shape index (κ2) is 8.91. The zero-order valence-corrected chi connectivity index (χ0v) is 15.8. The Morgan fingerprint density at radius 3 is 2.73 bits per heavy atom. The van der Waals surface area contributed by atoms with E-state index in [1.54, 1.807) is 13.2 Å². The van der Waals surface area contributed by atoms with Gasteiger partial charge in [-0.05, 0) is 44.0 Å². The Kier molecular flexibility index (Phi) is 6.62. The van der Waals surface area contributed by atoms with E-state index in [0.717, 1.165) is 35.5 Å². The molecule has 0 atom stereocenters. The Bertz CT molecular complexity index is 857. The van der Waals surface area contributed by atoms with Gasteiger partial charge in [-0.1, -0.05) is 25.1 Å². The molecular weight excluding hydrogens is 326 g/mol. The van der Waals surface area contributed by atoms with Gasteiger partial charge in [0.15, 0.2) is 0 Å². The van der Waals surface area contributed by atoms with Crippen molar-refractivity contribution in [2.45, 2.75) is 40.3 Å². The fourth-order valence-electron chi connectivity index (χ4n) is 2.97. The summed E-state index contributed by atoms with van der Waals surface area (Å²) in [5, 5.41) is 12.2. The van der Waals surface area contributed by atoms with Crippen LogP contribution in [0.3, 0.4) is 0 Å². The maximum Gasteiger partial charge on any atom is 0.262 e. The molecule has 1 aromatic carbocycles. The molecule has 26 heavy (non-hydrogen) atoms. The first-order valence-electron chi connectivity index (χ1n) is 8.70. The Labute approximate surface area is 154 Å². The lowest BCUT2D eigenvalue weighted by molar-refractivity contribution is -0.117. The van der Waals surface area contributed by atoms with Gasteiger partial charge in [0.1, 0.15) is 17.4 Å². The van der Waals surface area contributed by atoms with E-state index in [0.29, 0.717) is 12.3 Å². The number of aryl methyl sites for hydroxylation is 1. The van der Waals surface area contributed by atoms with Gasteiger partial charge in [0.2, 0.25) is 0 Å². The maximum absolute atomic E-state index is 12.4. The van der Waals surface area contributed by atoms with Gasteiger partial charge < -0.3 is 14.6 Å². The van der Waals surface area contributed by atoms with Crippen LogP contribution in [0.25, 0.3) is 6.08 Å². The number of hydrogen-bond donors (Lipinski definition) is 1. The van der Waals surface area contributed by atoms with Crippen molar-refractivity contribution in [1.29, 1.82) is 5.26 Å². The van der Waals surface area contributed by atoms with E-state index in [4.69, 9.17) is 4.74 Å². The summed E-state index contributed by atoms with van der Waals surface area (Å²) in [6, 6.07) is 11.5. The highest BCUT2D eigenvalue weighted by atomic mass is 16.5. The highest BCUT2D eigenvalue weighted by molar-refractivity contribution is 6.01. The monoisotopic (exact) mass is 351 g/mol. The lowest BCUT2D eigenvalue weighted by Crippen LogP contribution is -2.24. The van der Waals surface area contributed by atoms with Crippen molar-refractivity contribution >= 4 is 12.0 Å². The minimum Gasteiger partial charge on any atom is -0.496 e. The molecule has 2 rings (SSSR count). The van der Waals surface area contributed by atoms with E-state index in [9.17, 15) is 10.1 Å². The smallest absolute Gasteiger partial charge is 0.262 e. The predicted octanol–water partition coefficient (Wildman–Crippen LogP) is 3.75. The molecule has 0 aliphatic heterocycles. The highest BCUT2D eigenvalue weighted by Gasteiger charge is 2.13. The number of ether oxygens (including phenoxy) is 1. The summed E-state index contributed by atoms with van der Waals surface area (Å²) < 4.78 is 7.48. The van der Waals surface area contributed by atoms with Crippen molar-refractivity contribution in [2.75, 3.05) is 7.11 Å². The summed E-state index contributed by atoms with van der Waals surface area (Å²) in [6.07, 6.45) is 2.69. The van der Waals surface area contributed by atoms with Crippen molar-refractivity contribution in [1.82, 2.24) is 9.88 Å². The minimum atomic E-state index is -0.390. The Morgan fingerprint density at radius 1 is 1.35 bits per heavy atom. The van der Waals surface area contributed by atoms with Crippen molar-refractivity contribution in [3.05, 3.63) is 58.4 Å². The van der Waals surface area contributed by atoms with Crippen LogP contribution in [0, 0.1) is 25.2 Å². The zero-order valence-electron chi connectivity index (χ0n) is 15.8. The number of amides is 1. The van der Waals surface area contributed by atoms with Crippen LogP contribution in [0.1, 0.15) is 35.9 Å². The van der Waals surface area contributed by atoms with E-state index >= 15 is 0 Å². The molecule has 5 nitrogen and oxygen atoms in total. The molecular formula is C21H25N3O2. The number of rotatable bonds is 7. The first kappa shape index (κ1) is 19.3. The molecule has 1 N–H and O–H groups in total. The van der Waals surface area contributed by atoms with Gasteiger partial charge in [-0.2, -0.15) is 5.26 Å². The van der Waals surface area contributed by atoms with Crippen molar-refractivity contribution in [3.8, 4) is 11.8 Å². The third-order valence-corrected chi connectivity index (χ3v) is 4.36. The average Bonchev–Trinajstić information content (AvgIpc) is 2.92. The molecule has 0 unspecified atom stereocenters. The molecule has 0 spiro atoms. The standard InChI is InChI=1S/C21H25N3O2/c1-5-10-24-15(2)11-18(16(24)3)12-19(13-22)21(25)23-14-17-8-6-7-9-20(17)26-4/h6-9,11-12H,5,10,14H2,1-4H3,(H,23,25)/b19-12+. The number of carbonyl (C=O) groups is 1. The fraction of sp³-hybridized carbons (Fsp3) is 0.333. The summed E-state index contributed by atoms with van der Waals surface area (Å²) >= 11 is 0. The number of nitrogens with zero attached hydrogens (tertiary/aromatic N) is 2. The number of para-hydroxylation sites is 1. The van der Waals surface area contributed by atoms with E-state index in [2.05, 4.69) is 16.8 Å². The minimum absolute atomic E-state index is 0.0941. The Hall–Kier alpha value is -3.00. The molecule has 0 saturated heterocycles. The molecule has 1 heterocycles. The van der Waals surface area contributed by atoms with Crippen LogP contribution in [0.5, 0.6) is 5.75 Å². The fourth-order valence-corrected chi connectivity index (χ4v) is 2.97. The van der Waals surface area contributed by atoms with Gasteiger partial charge in [-0.15, -0.1) is 0 Å². The van der Waals surface area contributed by atoms with Crippen molar-refractivity contribution in [3.63, 3.8) is 0 Å². The topological polar surface area (TPSA) is 67.0 Å². The van der Waals surface area contributed by atoms with Crippen LogP contribution in [-0.4, -0.2) is 17.6 Å². The number of aromatic nitrogens is 1. The summed E-state index contributed by atoms with van der Waals surface area (Å²) in [4.78, 5) is 12.4. The second-order valence-corrected chi connectivity index (χ2v) is 6.14. The van der Waals surface area contributed by atoms with Gasteiger partial charge in [0.25, 0.3) is 5.91 Å². The number of nitriles is 1. The van der Waals surface area contributed by atoms with E-state index < -0.39 is 5.91 Å². The maximum atomic E-state index is 12.4. The number of carbonyl (C=O) groups excluding carboxylic acids is 1. The van der Waals surface area contributed by atoms with Crippen LogP contribution in [0.15, 0.2) is 35.9 Å². The van der Waals surface area contributed by atoms with Crippen LogP contribution in [-0.2, 0) is 17.9 Å².